The first-order chi connectivity index (χ1) is 20.8. The summed E-state index contributed by atoms with van der Waals surface area (Å²) in [5.41, 5.74) is 7.55. The van der Waals surface area contributed by atoms with E-state index < -0.39 is 0 Å². The molecule has 0 aromatic heterocycles. The normalized spacial score (nSPS) is 13.6. The largest absolute Gasteiger partial charge is 0.453 e. The van der Waals surface area contributed by atoms with E-state index in [-0.39, 0.29) is 8.41 Å². The number of nitrogens with zero attached hydrogens (tertiary/aromatic N) is 2. The molecule has 3 radical (unpaired) electrons. The Hall–Kier alpha value is -5.82. The zero-order valence-electron chi connectivity index (χ0n) is 22.7. The van der Waals surface area contributed by atoms with Crippen molar-refractivity contribution in [3.05, 3.63) is 121 Å². The molecule has 43 heavy (non-hydrogen) atoms. The number of fused-ring (bicyclic) bond motifs is 8. The highest BCUT2D eigenvalue weighted by atomic mass is 16.5. The minimum atomic E-state index is 0. The van der Waals surface area contributed by atoms with Gasteiger partial charge in [0.05, 0.1) is 22.7 Å². The third-order valence-electron chi connectivity index (χ3n) is 8.16. The van der Waals surface area contributed by atoms with Crippen LogP contribution in [0.3, 0.4) is 0 Å². The Morgan fingerprint density at radius 3 is 0.860 bits per heavy atom. The predicted octanol–water partition coefficient (Wildman–Crippen LogP) is 10.3. The van der Waals surface area contributed by atoms with Crippen molar-refractivity contribution >= 4 is 42.5 Å². The maximum Gasteiger partial charge on any atom is 0.156 e. The van der Waals surface area contributed by atoms with E-state index >= 15 is 0 Å². The number of para-hydroxylation sites is 8. The summed E-state index contributed by atoms with van der Waals surface area (Å²) < 4.78 is 26.0. The van der Waals surface area contributed by atoms with Gasteiger partial charge in [-0.05, 0) is 83.9 Å². The van der Waals surface area contributed by atoms with Gasteiger partial charge in [-0.15, -0.1) is 0 Å². The van der Waals surface area contributed by atoms with Crippen molar-refractivity contribution in [1.82, 2.24) is 0 Å². The van der Waals surface area contributed by atoms with Crippen LogP contribution < -0.4 is 28.7 Å². The molecule has 0 saturated heterocycles. The third-order valence-corrected chi connectivity index (χ3v) is 8.16. The van der Waals surface area contributed by atoms with Crippen LogP contribution in [0, 0.1) is 0 Å². The molecule has 0 bridgehead atoms. The van der Waals surface area contributed by atoms with E-state index in [9.17, 15) is 0 Å². The second kappa shape index (κ2) is 8.60. The van der Waals surface area contributed by atoms with Gasteiger partial charge in [0.1, 0.15) is 11.4 Å². The van der Waals surface area contributed by atoms with Crippen LogP contribution in [0.1, 0.15) is 0 Å². The number of ether oxygens (including phenoxy) is 4. The van der Waals surface area contributed by atoms with Crippen molar-refractivity contribution in [2.45, 2.75) is 0 Å². The van der Waals surface area contributed by atoms with E-state index in [2.05, 4.69) is 58.3 Å². The lowest BCUT2D eigenvalue weighted by molar-refractivity contribution is 0.444. The smallest absolute Gasteiger partial charge is 0.156 e. The average molecular weight is 555 g/mol. The molecule has 7 heteroatoms. The lowest BCUT2D eigenvalue weighted by Gasteiger charge is -2.38. The van der Waals surface area contributed by atoms with Crippen molar-refractivity contribution in [3.63, 3.8) is 0 Å². The van der Waals surface area contributed by atoms with Crippen molar-refractivity contribution in [2.24, 2.45) is 0 Å². The van der Waals surface area contributed by atoms with Gasteiger partial charge in [-0.2, -0.15) is 0 Å². The maximum absolute atomic E-state index is 6.50. The monoisotopic (exact) mass is 555 g/mol. The average Bonchev–Trinajstić information content (AvgIpc) is 3.04. The van der Waals surface area contributed by atoms with E-state index in [1.165, 1.54) is 0 Å². The van der Waals surface area contributed by atoms with Gasteiger partial charge in [-0.3, -0.25) is 9.80 Å². The first kappa shape index (κ1) is 23.8. The second-order valence-electron chi connectivity index (χ2n) is 10.6. The van der Waals surface area contributed by atoms with Gasteiger partial charge < -0.3 is 18.9 Å². The van der Waals surface area contributed by atoms with Crippen LogP contribution in [0.2, 0.25) is 0 Å². The fraction of sp³-hybridized carbons (Fsp3) is 0. The van der Waals surface area contributed by atoms with Gasteiger partial charge in [-0.25, -0.2) is 0 Å². The van der Waals surface area contributed by atoms with Crippen LogP contribution in [0.5, 0.6) is 46.0 Å². The molecule has 10 rings (SSSR count). The minimum Gasteiger partial charge on any atom is -0.453 e. The molecule has 201 valence electrons. The minimum absolute atomic E-state index is 0. The zero-order valence-corrected chi connectivity index (χ0v) is 22.7. The highest BCUT2D eigenvalue weighted by molar-refractivity contribution is 5.97. The quantitative estimate of drug-likeness (QED) is 0.188. The summed E-state index contributed by atoms with van der Waals surface area (Å²) >= 11 is 0. The van der Waals surface area contributed by atoms with Gasteiger partial charge in [0, 0.05) is 8.41 Å². The number of hydrogen-bond donors (Lipinski definition) is 0. The number of benzene rings is 6. The Balaban J connectivity index is 0.00000260. The molecule has 0 spiro atoms. The van der Waals surface area contributed by atoms with E-state index in [0.717, 1.165) is 91.2 Å². The molecule has 6 nitrogen and oxygen atoms in total. The second-order valence-corrected chi connectivity index (χ2v) is 10.6. The Bertz CT molecular complexity index is 1850. The third kappa shape index (κ3) is 3.24. The Kier molecular flexibility index (Phi) is 4.77. The van der Waals surface area contributed by atoms with Gasteiger partial charge in [-0.1, -0.05) is 48.5 Å². The lowest BCUT2D eigenvalue weighted by Crippen LogP contribution is -2.20. The Labute approximate surface area is 249 Å². The Morgan fingerprint density at radius 1 is 0.326 bits per heavy atom. The molecule has 0 saturated carbocycles. The van der Waals surface area contributed by atoms with Crippen LogP contribution in [-0.2, 0) is 0 Å². The van der Waals surface area contributed by atoms with Crippen LogP contribution >= 0.6 is 0 Å². The summed E-state index contributed by atoms with van der Waals surface area (Å²) in [5.74, 6) is 6.06. The van der Waals surface area contributed by atoms with E-state index in [4.69, 9.17) is 18.9 Å². The highest BCUT2D eigenvalue weighted by Gasteiger charge is 2.37. The zero-order chi connectivity index (χ0) is 27.4. The molecule has 6 aromatic carbocycles. The number of anilines is 6. The van der Waals surface area contributed by atoms with E-state index in [0.29, 0.717) is 0 Å². The van der Waals surface area contributed by atoms with Crippen molar-refractivity contribution in [2.75, 3.05) is 9.80 Å². The first-order valence-electron chi connectivity index (χ1n) is 13.8. The van der Waals surface area contributed by atoms with Crippen LogP contribution in [0.25, 0.3) is 11.1 Å². The molecule has 0 fully saturated rings. The molecule has 0 amide bonds. The summed E-state index contributed by atoms with van der Waals surface area (Å²) in [6.07, 6.45) is 0. The fourth-order valence-corrected chi connectivity index (χ4v) is 6.38. The summed E-state index contributed by atoms with van der Waals surface area (Å²) in [4.78, 5) is 4.45. The van der Waals surface area contributed by atoms with Gasteiger partial charge in [0.2, 0.25) is 0 Å². The highest BCUT2D eigenvalue weighted by Crippen LogP contribution is 2.63. The molecule has 4 aliphatic rings. The van der Waals surface area contributed by atoms with Crippen LogP contribution in [0.4, 0.5) is 34.1 Å². The molecule has 4 aliphatic heterocycles. The molecule has 0 atom stereocenters. The predicted molar refractivity (Wildman–Crippen MR) is 167 cm³/mol. The topological polar surface area (TPSA) is 43.4 Å². The van der Waals surface area contributed by atoms with E-state index in [1.54, 1.807) is 0 Å². The summed E-state index contributed by atoms with van der Waals surface area (Å²) in [6, 6.07) is 40.6. The standard InChI is InChI=1S/C36H20N2O4.B/c1-5-13-27-23(9-1)37-24-10-2-6-14-28(24)40-32-18-21(17-31(39-27)35(32)37)22-19-33-36-34(20-22)42-30-16-8-4-12-26(30)38(36)25-11-3-7-15-29(25)41-33;/h1-20H;. The number of hydrogen-bond acceptors (Lipinski definition) is 6. The maximum atomic E-state index is 6.50. The molecular formula is C36H20BN2O4. The fourth-order valence-electron chi connectivity index (χ4n) is 6.38. The summed E-state index contributed by atoms with van der Waals surface area (Å²) in [5, 5.41) is 0. The van der Waals surface area contributed by atoms with Crippen molar-refractivity contribution in [3.8, 4) is 57.1 Å². The van der Waals surface area contributed by atoms with Crippen LogP contribution in [0.15, 0.2) is 121 Å². The molecule has 4 heterocycles. The molecule has 0 unspecified atom stereocenters. The SMILES string of the molecule is [B].c1ccc2c(c1)Oc1cc(-c3cc4c5c(c3)Oc3ccccc3N5c3ccccc3O4)cc3c1N2c1ccccc1O3. The van der Waals surface area contributed by atoms with E-state index in [1.807, 2.05) is 72.8 Å². The van der Waals surface area contributed by atoms with Gasteiger partial charge in [0.15, 0.2) is 46.0 Å². The van der Waals surface area contributed by atoms with Gasteiger partial charge >= 0.3 is 0 Å². The molecule has 0 aliphatic carbocycles. The number of rotatable bonds is 1. The van der Waals surface area contributed by atoms with Crippen LogP contribution in [-0.4, -0.2) is 8.41 Å². The summed E-state index contributed by atoms with van der Waals surface area (Å²) in [6.45, 7) is 0. The van der Waals surface area contributed by atoms with Crippen molar-refractivity contribution in [1.29, 1.82) is 0 Å². The van der Waals surface area contributed by atoms with Gasteiger partial charge in [0.25, 0.3) is 0 Å². The first-order valence-corrected chi connectivity index (χ1v) is 13.8. The molecule has 6 aromatic rings. The molecular weight excluding hydrogens is 535 g/mol. The van der Waals surface area contributed by atoms with Crippen molar-refractivity contribution < 1.29 is 18.9 Å². The lowest BCUT2D eigenvalue weighted by atomic mass is 9.98. The summed E-state index contributed by atoms with van der Waals surface area (Å²) in [7, 11) is 0. The Morgan fingerprint density at radius 2 is 0.581 bits per heavy atom. The molecule has 0 N–H and O–H groups in total.